The minimum absolute atomic E-state index is 0.138. The van der Waals surface area contributed by atoms with Gasteiger partial charge in [0, 0.05) is 31.5 Å². The number of nitrogens with zero attached hydrogens (tertiary/aromatic N) is 2. The maximum absolute atomic E-state index is 12.5. The van der Waals surface area contributed by atoms with E-state index in [0.717, 1.165) is 48.7 Å². The molecule has 0 aliphatic carbocycles. The first-order valence-corrected chi connectivity index (χ1v) is 8.87. The van der Waals surface area contributed by atoms with Gasteiger partial charge in [-0.15, -0.1) is 0 Å². The fourth-order valence-electron chi connectivity index (χ4n) is 3.22. The predicted octanol–water partition coefficient (Wildman–Crippen LogP) is 3.52. The van der Waals surface area contributed by atoms with E-state index in [0.29, 0.717) is 6.42 Å². The molecule has 5 heteroatoms. The van der Waals surface area contributed by atoms with Crippen LogP contribution in [0.5, 0.6) is 5.75 Å². The summed E-state index contributed by atoms with van der Waals surface area (Å²) < 4.78 is 11.2. The van der Waals surface area contributed by atoms with E-state index < -0.39 is 0 Å². The Labute approximate surface area is 148 Å². The Morgan fingerprint density at radius 2 is 1.92 bits per heavy atom. The largest absolute Gasteiger partial charge is 0.490 e. The molecule has 0 N–H and O–H groups in total. The fourth-order valence-corrected chi connectivity index (χ4v) is 3.22. The van der Waals surface area contributed by atoms with Crippen LogP contribution < -0.4 is 4.74 Å². The van der Waals surface area contributed by atoms with Crippen LogP contribution in [-0.2, 0) is 11.2 Å². The third kappa shape index (κ3) is 4.03. The minimum atomic E-state index is 0.138. The summed E-state index contributed by atoms with van der Waals surface area (Å²) in [7, 11) is 0. The number of carbonyl (C=O) groups excluding carboxylic acids is 1. The van der Waals surface area contributed by atoms with Crippen molar-refractivity contribution in [3.05, 3.63) is 46.3 Å². The molecular formula is C20H26N2O3. The molecule has 2 aromatic rings. The van der Waals surface area contributed by atoms with Crippen molar-refractivity contribution in [1.29, 1.82) is 0 Å². The van der Waals surface area contributed by atoms with Gasteiger partial charge in [-0.3, -0.25) is 4.79 Å². The summed E-state index contributed by atoms with van der Waals surface area (Å²) in [6, 6.07) is 6.20. The summed E-state index contributed by atoms with van der Waals surface area (Å²) in [5.41, 5.74) is 4.23. The normalized spacial score (nSPS) is 15.4. The average molecular weight is 342 g/mol. The first-order valence-electron chi connectivity index (χ1n) is 8.87. The number of likely N-dealkylation sites (tertiary alicyclic amines) is 1. The molecule has 1 aromatic heterocycles. The van der Waals surface area contributed by atoms with Gasteiger partial charge in [0.25, 0.3) is 0 Å². The molecule has 134 valence electrons. The fraction of sp³-hybridized carbons (Fsp3) is 0.500. The van der Waals surface area contributed by atoms with Crippen LogP contribution in [-0.4, -0.2) is 35.2 Å². The van der Waals surface area contributed by atoms with E-state index in [1.165, 1.54) is 11.1 Å². The summed E-state index contributed by atoms with van der Waals surface area (Å²) in [5, 5.41) is 3.92. The van der Waals surface area contributed by atoms with Gasteiger partial charge in [-0.25, -0.2) is 0 Å². The van der Waals surface area contributed by atoms with Gasteiger partial charge in [-0.2, -0.15) is 0 Å². The lowest BCUT2D eigenvalue weighted by Crippen LogP contribution is -2.42. The Balaban J connectivity index is 1.53. The van der Waals surface area contributed by atoms with Crippen LogP contribution in [0.3, 0.4) is 0 Å². The summed E-state index contributed by atoms with van der Waals surface area (Å²) in [6.07, 6.45) is 2.26. The zero-order valence-electron chi connectivity index (χ0n) is 15.5. The molecule has 1 aliphatic heterocycles. The molecule has 0 bridgehead atoms. The smallest absolute Gasteiger partial charge is 0.227 e. The van der Waals surface area contributed by atoms with Gasteiger partial charge in [0.05, 0.1) is 12.1 Å². The van der Waals surface area contributed by atoms with Crippen molar-refractivity contribution in [3.63, 3.8) is 0 Å². The molecule has 1 amide bonds. The molecule has 0 unspecified atom stereocenters. The van der Waals surface area contributed by atoms with Gasteiger partial charge in [0.15, 0.2) is 0 Å². The lowest BCUT2D eigenvalue weighted by Gasteiger charge is -2.32. The molecule has 1 fully saturated rings. The zero-order valence-corrected chi connectivity index (χ0v) is 15.5. The first-order chi connectivity index (χ1) is 11.9. The van der Waals surface area contributed by atoms with Gasteiger partial charge < -0.3 is 14.2 Å². The molecule has 1 aromatic carbocycles. The number of rotatable bonds is 4. The van der Waals surface area contributed by atoms with Gasteiger partial charge in [-0.05, 0) is 51.0 Å². The van der Waals surface area contributed by atoms with E-state index in [2.05, 4.69) is 31.1 Å². The maximum atomic E-state index is 12.5. The van der Waals surface area contributed by atoms with Crippen molar-refractivity contribution in [2.24, 2.45) is 0 Å². The molecular weight excluding hydrogens is 316 g/mol. The molecule has 1 saturated heterocycles. The highest BCUT2D eigenvalue weighted by atomic mass is 16.5. The summed E-state index contributed by atoms with van der Waals surface area (Å²) in [6.45, 7) is 9.39. The van der Waals surface area contributed by atoms with Crippen molar-refractivity contribution in [1.82, 2.24) is 10.1 Å². The number of aryl methyl sites for hydroxylation is 4. The number of carbonyl (C=O) groups is 1. The Hall–Kier alpha value is -2.30. The summed E-state index contributed by atoms with van der Waals surface area (Å²) >= 11 is 0. The van der Waals surface area contributed by atoms with E-state index >= 15 is 0 Å². The highest BCUT2D eigenvalue weighted by Crippen LogP contribution is 2.22. The maximum Gasteiger partial charge on any atom is 0.227 e. The molecule has 2 heterocycles. The Kier molecular flexibility index (Phi) is 5.11. The first kappa shape index (κ1) is 17.5. The quantitative estimate of drug-likeness (QED) is 0.853. The third-order valence-electron chi connectivity index (χ3n) is 5.09. The van der Waals surface area contributed by atoms with Gasteiger partial charge in [0.2, 0.25) is 5.91 Å². The molecule has 0 atom stereocenters. The van der Waals surface area contributed by atoms with Gasteiger partial charge >= 0.3 is 0 Å². The Bertz CT molecular complexity index is 739. The molecule has 0 saturated carbocycles. The third-order valence-corrected chi connectivity index (χ3v) is 5.09. The number of piperidine rings is 1. The van der Waals surface area contributed by atoms with Crippen molar-refractivity contribution in [3.8, 4) is 5.75 Å². The van der Waals surface area contributed by atoms with Crippen LogP contribution in [0.2, 0.25) is 0 Å². The number of hydrogen-bond donors (Lipinski definition) is 0. The second kappa shape index (κ2) is 7.30. The van der Waals surface area contributed by atoms with E-state index in [1.807, 2.05) is 24.8 Å². The van der Waals surface area contributed by atoms with Gasteiger partial charge in [0.1, 0.15) is 17.6 Å². The van der Waals surface area contributed by atoms with E-state index in [-0.39, 0.29) is 12.0 Å². The van der Waals surface area contributed by atoms with E-state index in [9.17, 15) is 4.79 Å². The summed E-state index contributed by atoms with van der Waals surface area (Å²) in [4.78, 5) is 14.5. The number of amides is 1. The monoisotopic (exact) mass is 342 g/mol. The second-order valence-corrected chi connectivity index (χ2v) is 6.92. The van der Waals surface area contributed by atoms with Crippen LogP contribution in [0.4, 0.5) is 0 Å². The number of ether oxygens (including phenoxy) is 1. The van der Waals surface area contributed by atoms with Crippen molar-refractivity contribution in [2.45, 2.75) is 53.1 Å². The van der Waals surface area contributed by atoms with Crippen LogP contribution in [0.25, 0.3) is 0 Å². The number of hydrogen-bond acceptors (Lipinski definition) is 4. The highest BCUT2D eigenvalue weighted by molar-refractivity contribution is 5.79. The molecule has 0 radical (unpaired) electrons. The molecule has 5 nitrogen and oxygen atoms in total. The Morgan fingerprint density at radius 3 is 2.52 bits per heavy atom. The summed E-state index contributed by atoms with van der Waals surface area (Å²) in [5.74, 6) is 1.79. The zero-order chi connectivity index (χ0) is 18.0. The van der Waals surface area contributed by atoms with Crippen LogP contribution in [0.15, 0.2) is 22.7 Å². The lowest BCUT2D eigenvalue weighted by molar-refractivity contribution is -0.132. The Morgan fingerprint density at radius 1 is 1.20 bits per heavy atom. The van der Waals surface area contributed by atoms with Gasteiger partial charge in [-0.1, -0.05) is 11.2 Å². The highest BCUT2D eigenvalue weighted by Gasteiger charge is 2.25. The van der Waals surface area contributed by atoms with E-state index in [1.54, 1.807) is 0 Å². The molecule has 0 spiro atoms. The standard InChI is InChI=1S/C20H26N2O3/c1-13-5-6-18(11-14(13)2)24-17-7-9-22(10-8-17)20(23)12-19-15(3)21-25-16(19)4/h5-6,11,17H,7-10,12H2,1-4H3. The SMILES string of the molecule is Cc1ccc(OC2CCN(C(=O)Cc3c(C)noc3C)CC2)cc1C. The lowest BCUT2D eigenvalue weighted by atomic mass is 10.0. The van der Waals surface area contributed by atoms with Crippen LogP contribution in [0.1, 0.15) is 41.0 Å². The van der Waals surface area contributed by atoms with Crippen molar-refractivity contribution in [2.75, 3.05) is 13.1 Å². The van der Waals surface area contributed by atoms with Crippen molar-refractivity contribution >= 4 is 5.91 Å². The van der Waals surface area contributed by atoms with E-state index in [4.69, 9.17) is 9.26 Å². The minimum Gasteiger partial charge on any atom is -0.490 e. The number of aromatic nitrogens is 1. The topological polar surface area (TPSA) is 55.6 Å². The average Bonchev–Trinajstić information content (AvgIpc) is 2.91. The molecule has 3 rings (SSSR count). The van der Waals surface area contributed by atoms with Crippen LogP contribution >= 0.6 is 0 Å². The number of benzene rings is 1. The second-order valence-electron chi connectivity index (χ2n) is 6.92. The molecule has 25 heavy (non-hydrogen) atoms. The molecule has 1 aliphatic rings. The van der Waals surface area contributed by atoms with Crippen molar-refractivity contribution < 1.29 is 14.1 Å². The van der Waals surface area contributed by atoms with Crippen LogP contribution in [0, 0.1) is 27.7 Å². The predicted molar refractivity (Wildman–Crippen MR) is 95.8 cm³/mol.